The fourth-order valence-corrected chi connectivity index (χ4v) is 2.62. The summed E-state index contributed by atoms with van der Waals surface area (Å²) in [5.41, 5.74) is 6.88. The summed E-state index contributed by atoms with van der Waals surface area (Å²) in [6.07, 6.45) is -0.661. The van der Waals surface area contributed by atoms with E-state index in [4.69, 9.17) is 26.8 Å². The molecule has 1 aromatic rings. The van der Waals surface area contributed by atoms with E-state index in [2.05, 4.69) is 5.32 Å². The molecule has 3 rings (SSSR count). The maximum Gasteiger partial charge on any atom is 0.255 e. The van der Waals surface area contributed by atoms with E-state index in [1.54, 1.807) is 36.9 Å². The number of nitrogens with one attached hydrogen (secondary N) is 1. The van der Waals surface area contributed by atoms with Crippen LogP contribution in [0.5, 0.6) is 0 Å². The minimum Gasteiger partial charge on any atom is -0.399 e. The van der Waals surface area contributed by atoms with Crippen molar-refractivity contribution in [3.05, 3.63) is 23.2 Å². The van der Waals surface area contributed by atoms with E-state index in [0.29, 0.717) is 42.7 Å². The zero-order chi connectivity index (χ0) is 17.7. The Labute approximate surface area is 146 Å². The summed E-state index contributed by atoms with van der Waals surface area (Å²) in [5.74, 6) is -0.0748. The molecule has 2 fully saturated rings. The Bertz CT molecular complexity index is 611. The maximum atomic E-state index is 11.9. The van der Waals surface area contributed by atoms with Crippen molar-refractivity contribution in [1.29, 1.82) is 0 Å². The number of morpholine rings is 2. The highest BCUT2D eigenvalue weighted by Crippen LogP contribution is 2.29. The van der Waals surface area contributed by atoms with Gasteiger partial charge in [-0.25, -0.2) is 0 Å². The van der Waals surface area contributed by atoms with Crippen molar-refractivity contribution in [3.8, 4) is 0 Å². The van der Waals surface area contributed by atoms with Gasteiger partial charge in [0.2, 0.25) is 5.91 Å². The summed E-state index contributed by atoms with van der Waals surface area (Å²) in [5, 5.41) is 3.16. The number of rotatable bonds is 1. The summed E-state index contributed by atoms with van der Waals surface area (Å²) >= 11 is 6.06. The Kier molecular flexibility index (Phi) is 6.42. The molecular formula is C16H22ClN3O4. The Hall–Kier alpha value is -1.83. The van der Waals surface area contributed by atoms with Crippen molar-refractivity contribution in [2.45, 2.75) is 26.1 Å². The standard InChI is InChI=1S/C11H13ClN2O2.C5H9NO2/c1-7-11(15)14(4-5-16-7)10-3-2-8(13)6-9(10)12;1-4-5(7)6-2-3-8-4/h2-3,6-7H,4-5,13H2,1H3;4H,2-3H2,1H3,(H,6,7). The van der Waals surface area contributed by atoms with Gasteiger partial charge in [-0.2, -0.15) is 0 Å². The lowest BCUT2D eigenvalue weighted by atomic mass is 10.2. The third kappa shape index (κ3) is 4.59. The monoisotopic (exact) mass is 355 g/mol. The Morgan fingerprint density at radius 1 is 1.21 bits per heavy atom. The molecule has 7 nitrogen and oxygen atoms in total. The van der Waals surface area contributed by atoms with E-state index in [9.17, 15) is 9.59 Å². The molecule has 0 aliphatic carbocycles. The van der Waals surface area contributed by atoms with Gasteiger partial charge in [-0.15, -0.1) is 0 Å². The molecule has 2 saturated heterocycles. The topological polar surface area (TPSA) is 93.9 Å². The van der Waals surface area contributed by atoms with Crippen LogP contribution in [0.3, 0.4) is 0 Å². The fraction of sp³-hybridized carbons (Fsp3) is 0.500. The molecule has 2 aliphatic heterocycles. The average Bonchev–Trinajstić information content (AvgIpc) is 2.54. The van der Waals surface area contributed by atoms with Gasteiger partial charge in [0.15, 0.2) is 0 Å². The number of nitrogens with zero attached hydrogens (tertiary/aromatic N) is 1. The van der Waals surface area contributed by atoms with Gasteiger partial charge in [0.1, 0.15) is 12.2 Å². The molecular weight excluding hydrogens is 334 g/mol. The second-order valence-electron chi connectivity index (χ2n) is 5.52. The molecule has 3 N–H and O–H groups in total. The smallest absolute Gasteiger partial charge is 0.255 e. The lowest BCUT2D eigenvalue weighted by Crippen LogP contribution is -2.46. The predicted molar refractivity (Wildman–Crippen MR) is 92.1 cm³/mol. The van der Waals surface area contributed by atoms with Crippen LogP contribution in [0, 0.1) is 0 Å². The molecule has 132 valence electrons. The Morgan fingerprint density at radius 3 is 2.50 bits per heavy atom. The van der Waals surface area contributed by atoms with Gasteiger partial charge in [0.25, 0.3) is 5.91 Å². The molecule has 0 bridgehead atoms. The third-order valence-electron chi connectivity index (χ3n) is 3.70. The Balaban J connectivity index is 0.000000219. The van der Waals surface area contributed by atoms with Crippen molar-refractivity contribution in [2.24, 2.45) is 0 Å². The molecule has 0 aromatic heterocycles. The number of nitrogen functional groups attached to an aromatic ring is 1. The zero-order valence-electron chi connectivity index (χ0n) is 13.8. The summed E-state index contributed by atoms with van der Waals surface area (Å²) < 4.78 is 10.2. The van der Waals surface area contributed by atoms with Crippen LogP contribution in [-0.2, 0) is 19.1 Å². The number of carbonyl (C=O) groups excluding carboxylic acids is 2. The second-order valence-corrected chi connectivity index (χ2v) is 5.92. The van der Waals surface area contributed by atoms with Gasteiger partial charge in [0.05, 0.1) is 23.9 Å². The van der Waals surface area contributed by atoms with E-state index < -0.39 is 6.10 Å². The minimum atomic E-state index is -0.414. The lowest BCUT2D eigenvalue weighted by molar-refractivity contribution is -0.136. The molecule has 0 radical (unpaired) electrons. The van der Waals surface area contributed by atoms with Crippen LogP contribution < -0.4 is 16.0 Å². The van der Waals surface area contributed by atoms with Crippen molar-refractivity contribution in [1.82, 2.24) is 5.32 Å². The van der Waals surface area contributed by atoms with Crippen molar-refractivity contribution >= 4 is 34.8 Å². The number of carbonyl (C=O) groups is 2. The summed E-state index contributed by atoms with van der Waals surface area (Å²) in [6, 6.07) is 5.13. The second kappa shape index (κ2) is 8.32. The first-order valence-electron chi connectivity index (χ1n) is 7.77. The number of ether oxygens (including phenoxy) is 2. The van der Waals surface area contributed by atoms with Crippen molar-refractivity contribution < 1.29 is 19.1 Å². The van der Waals surface area contributed by atoms with Crippen LogP contribution in [0.15, 0.2) is 18.2 Å². The van der Waals surface area contributed by atoms with Gasteiger partial charge < -0.3 is 25.4 Å². The van der Waals surface area contributed by atoms with Crippen LogP contribution in [0.2, 0.25) is 5.02 Å². The van der Waals surface area contributed by atoms with E-state index >= 15 is 0 Å². The highest BCUT2D eigenvalue weighted by atomic mass is 35.5. The number of halogens is 1. The van der Waals surface area contributed by atoms with Gasteiger partial charge >= 0.3 is 0 Å². The molecule has 2 heterocycles. The predicted octanol–water partition coefficient (Wildman–Crippen LogP) is 1.20. The normalized spacial score (nSPS) is 24.0. The summed E-state index contributed by atoms with van der Waals surface area (Å²) in [4.78, 5) is 24.1. The molecule has 0 saturated carbocycles. The van der Waals surface area contributed by atoms with E-state index in [1.165, 1.54) is 0 Å². The van der Waals surface area contributed by atoms with Crippen LogP contribution in [-0.4, -0.2) is 50.3 Å². The molecule has 2 atom stereocenters. The molecule has 1 aromatic carbocycles. The minimum absolute atomic E-state index is 0.00347. The Morgan fingerprint density at radius 2 is 1.92 bits per heavy atom. The maximum absolute atomic E-state index is 11.9. The third-order valence-corrected chi connectivity index (χ3v) is 4.00. The van der Waals surface area contributed by atoms with Gasteiger partial charge in [0, 0.05) is 18.8 Å². The van der Waals surface area contributed by atoms with Crippen LogP contribution >= 0.6 is 11.6 Å². The van der Waals surface area contributed by atoms with Gasteiger partial charge in [-0.05, 0) is 32.0 Å². The molecule has 24 heavy (non-hydrogen) atoms. The molecule has 2 amide bonds. The molecule has 2 aliphatic rings. The van der Waals surface area contributed by atoms with Crippen LogP contribution in [0.4, 0.5) is 11.4 Å². The first-order valence-corrected chi connectivity index (χ1v) is 8.15. The number of anilines is 2. The summed E-state index contributed by atoms with van der Waals surface area (Å²) in [6.45, 7) is 5.82. The highest BCUT2D eigenvalue weighted by molar-refractivity contribution is 6.34. The van der Waals surface area contributed by atoms with Crippen molar-refractivity contribution in [2.75, 3.05) is 36.9 Å². The number of amides is 2. The van der Waals surface area contributed by atoms with E-state index in [1.807, 2.05) is 0 Å². The molecule has 8 heteroatoms. The largest absolute Gasteiger partial charge is 0.399 e. The molecule has 2 unspecified atom stereocenters. The fourth-order valence-electron chi connectivity index (χ4n) is 2.33. The molecule has 0 spiro atoms. The van der Waals surface area contributed by atoms with Gasteiger partial charge in [-0.3, -0.25) is 9.59 Å². The average molecular weight is 356 g/mol. The van der Waals surface area contributed by atoms with Crippen molar-refractivity contribution in [3.63, 3.8) is 0 Å². The first-order chi connectivity index (χ1) is 11.4. The van der Waals surface area contributed by atoms with E-state index in [0.717, 1.165) is 0 Å². The SMILES string of the molecule is CC1OCCN(c2ccc(N)cc2Cl)C1=O.CC1OCCNC1=O. The van der Waals surface area contributed by atoms with Crippen LogP contribution in [0.1, 0.15) is 13.8 Å². The number of hydrogen-bond acceptors (Lipinski definition) is 5. The first kappa shape index (κ1) is 18.5. The van der Waals surface area contributed by atoms with Crippen LogP contribution in [0.25, 0.3) is 0 Å². The summed E-state index contributed by atoms with van der Waals surface area (Å²) in [7, 11) is 0. The van der Waals surface area contributed by atoms with E-state index in [-0.39, 0.29) is 17.9 Å². The highest BCUT2D eigenvalue weighted by Gasteiger charge is 2.28. The zero-order valence-corrected chi connectivity index (χ0v) is 14.5. The number of benzene rings is 1. The number of nitrogens with two attached hydrogens (primary N) is 1. The number of hydrogen-bond donors (Lipinski definition) is 2. The lowest BCUT2D eigenvalue weighted by Gasteiger charge is -2.31. The quantitative estimate of drug-likeness (QED) is 0.738. The van der Waals surface area contributed by atoms with Gasteiger partial charge in [-0.1, -0.05) is 11.6 Å².